The number of carbonyl (C=O) groups is 1. The molecule has 0 radical (unpaired) electrons. The first-order valence-corrected chi connectivity index (χ1v) is 26.2. The molecule has 1 fully saturated rings. The molecule has 0 aliphatic carbocycles. The van der Waals surface area contributed by atoms with Crippen LogP contribution >= 0.6 is 0 Å². The lowest BCUT2D eigenvalue weighted by molar-refractivity contribution is -0.302. The lowest BCUT2D eigenvalue weighted by atomic mass is 9.99. The van der Waals surface area contributed by atoms with Crippen LogP contribution in [0.5, 0.6) is 0 Å². The molecule has 1 rings (SSSR count). The maximum atomic E-state index is 13.0. The second-order valence-electron chi connectivity index (χ2n) is 18.3. The number of aliphatic hydroxyl groups excluding tert-OH is 5. The minimum atomic E-state index is -1.57. The molecule has 9 nitrogen and oxygen atoms in total. The van der Waals surface area contributed by atoms with Crippen LogP contribution in [0, 0.1) is 0 Å². The van der Waals surface area contributed by atoms with Crippen LogP contribution < -0.4 is 5.32 Å². The Morgan fingerprint density at radius 2 is 0.919 bits per heavy atom. The molecule has 1 heterocycles. The highest BCUT2D eigenvalue weighted by molar-refractivity contribution is 5.76. The maximum absolute atomic E-state index is 13.0. The Morgan fingerprint density at radius 1 is 0.532 bits per heavy atom. The van der Waals surface area contributed by atoms with Crippen LogP contribution in [0.4, 0.5) is 0 Å². The second-order valence-corrected chi connectivity index (χ2v) is 18.3. The van der Waals surface area contributed by atoms with Gasteiger partial charge in [-0.1, -0.05) is 224 Å². The number of unbranched alkanes of at least 4 members (excludes halogenated alkanes) is 30. The Bertz CT molecular complexity index is 1070. The molecular weight excluding hydrogens is 779 g/mol. The van der Waals surface area contributed by atoms with Gasteiger partial charge in [-0.2, -0.15) is 0 Å². The monoisotopic (exact) mass is 878 g/mol. The number of ether oxygens (including phenoxy) is 2. The molecular formula is C53H99NO8. The number of hydrogen-bond donors (Lipinski definition) is 6. The van der Waals surface area contributed by atoms with Crippen molar-refractivity contribution in [2.45, 2.75) is 281 Å². The quantitative estimate of drug-likeness (QED) is 0.0262. The number of amides is 1. The number of carbonyl (C=O) groups excluding carboxylic acids is 1. The Labute approximate surface area is 381 Å². The van der Waals surface area contributed by atoms with Gasteiger partial charge in [0.1, 0.15) is 24.4 Å². The molecule has 62 heavy (non-hydrogen) atoms. The topological polar surface area (TPSA) is 149 Å². The molecule has 7 unspecified atom stereocenters. The zero-order valence-corrected chi connectivity index (χ0v) is 40.1. The van der Waals surface area contributed by atoms with Crippen molar-refractivity contribution in [1.82, 2.24) is 5.32 Å². The largest absolute Gasteiger partial charge is 0.394 e. The minimum absolute atomic E-state index is 0.188. The molecule has 1 aliphatic rings. The van der Waals surface area contributed by atoms with Crippen LogP contribution in [0.25, 0.3) is 0 Å². The molecule has 0 aromatic heterocycles. The standard InChI is InChI=1S/C53H99NO8/c1-3-5-7-9-11-13-15-17-19-20-21-22-23-24-25-26-27-28-29-31-33-35-37-39-41-43-49(57)54-46(45-61-53-52(60)51(59)50(58)48(44-55)62-53)47(56)42-40-38-36-34-32-30-18-16-14-12-10-8-6-4-2/h14,16,32,34,40,42,46-48,50-53,55-56,58-60H,3-13,15,17-31,33,35-39,41,43-45H2,1-2H3,(H,54,57)/b16-14+,34-32+,42-40+. The first-order valence-electron chi connectivity index (χ1n) is 26.2. The lowest BCUT2D eigenvalue weighted by Gasteiger charge is -2.40. The van der Waals surface area contributed by atoms with Crippen molar-refractivity contribution in [2.75, 3.05) is 13.2 Å². The van der Waals surface area contributed by atoms with E-state index < -0.39 is 49.5 Å². The molecule has 6 N–H and O–H groups in total. The van der Waals surface area contributed by atoms with Crippen molar-refractivity contribution in [1.29, 1.82) is 0 Å². The summed E-state index contributed by atoms with van der Waals surface area (Å²) in [4.78, 5) is 13.0. The Hall–Kier alpha value is -1.59. The average Bonchev–Trinajstić information content (AvgIpc) is 3.27. The molecule has 1 saturated heterocycles. The molecule has 364 valence electrons. The van der Waals surface area contributed by atoms with Crippen LogP contribution in [0.2, 0.25) is 0 Å². The van der Waals surface area contributed by atoms with E-state index in [4.69, 9.17) is 9.47 Å². The van der Waals surface area contributed by atoms with Gasteiger partial charge in [0.05, 0.1) is 25.4 Å². The predicted octanol–water partition coefficient (Wildman–Crippen LogP) is 12.0. The number of rotatable bonds is 44. The predicted molar refractivity (Wildman–Crippen MR) is 258 cm³/mol. The van der Waals surface area contributed by atoms with Crippen LogP contribution in [0.1, 0.15) is 239 Å². The zero-order valence-electron chi connectivity index (χ0n) is 40.1. The van der Waals surface area contributed by atoms with Gasteiger partial charge in [0.25, 0.3) is 0 Å². The van der Waals surface area contributed by atoms with Gasteiger partial charge in [0.2, 0.25) is 5.91 Å². The Morgan fingerprint density at radius 3 is 1.35 bits per heavy atom. The number of nitrogens with one attached hydrogen (secondary N) is 1. The van der Waals surface area contributed by atoms with Crippen LogP contribution in [-0.4, -0.2) is 87.5 Å². The highest BCUT2D eigenvalue weighted by Gasteiger charge is 2.44. The summed E-state index contributed by atoms with van der Waals surface area (Å²) in [7, 11) is 0. The lowest BCUT2D eigenvalue weighted by Crippen LogP contribution is -2.60. The van der Waals surface area contributed by atoms with Gasteiger partial charge in [0, 0.05) is 6.42 Å². The summed E-state index contributed by atoms with van der Waals surface area (Å²) in [6.45, 7) is 3.75. The first-order chi connectivity index (χ1) is 30.3. The van der Waals surface area contributed by atoms with E-state index in [1.54, 1.807) is 6.08 Å². The van der Waals surface area contributed by atoms with E-state index in [1.807, 2.05) is 6.08 Å². The van der Waals surface area contributed by atoms with E-state index in [9.17, 15) is 30.3 Å². The summed E-state index contributed by atoms with van der Waals surface area (Å²) >= 11 is 0. The van der Waals surface area contributed by atoms with Gasteiger partial charge in [-0.15, -0.1) is 0 Å². The van der Waals surface area contributed by atoms with E-state index in [2.05, 4.69) is 43.5 Å². The average molecular weight is 878 g/mol. The molecule has 0 bridgehead atoms. The summed E-state index contributed by atoms with van der Waals surface area (Å²) in [5.74, 6) is -0.188. The SMILES string of the molecule is CCCCCC/C=C/CC/C=C/CC/C=C/C(O)C(COC1OC(CO)C(O)C(O)C1O)NC(=O)CCCCCCCCCCCCCCCCCCCCCCCCCCC. The van der Waals surface area contributed by atoms with E-state index >= 15 is 0 Å². The fourth-order valence-corrected chi connectivity index (χ4v) is 8.25. The fraction of sp³-hybridized carbons (Fsp3) is 0.868. The van der Waals surface area contributed by atoms with Crippen LogP contribution in [0.3, 0.4) is 0 Å². The fourth-order valence-electron chi connectivity index (χ4n) is 8.25. The van der Waals surface area contributed by atoms with Gasteiger partial charge >= 0.3 is 0 Å². The minimum Gasteiger partial charge on any atom is -0.394 e. The third-order valence-corrected chi connectivity index (χ3v) is 12.4. The summed E-state index contributed by atoms with van der Waals surface area (Å²) in [5.41, 5.74) is 0. The summed E-state index contributed by atoms with van der Waals surface area (Å²) in [6, 6.07) is -0.824. The maximum Gasteiger partial charge on any atom is 0.220 e. The van der Waals surface area contributed by atoms with Crippen molar-refractivity contribution in [2.24, 2.45) is 0 Å². The zero-order chi connectivity index (χ0) is 45.1. The normalized spacial score (nSPS) is 20.5. The number of aliphatic hydroxyl groups is 5. The molecule has 0 aromatic rings. The molecule has 1 amide bonds. The van der Waals surface area contributed by atoms with Crippen LogP contribution in [-0.2, 0) is 14.3 Å². The highest BCUT2D eigenvalue weighted by Crippen LogP contribution is 2.23. The van der Waals surface area contributed by atoms with E-state index in [1.165, 1.54) is 167 Å². The highest BCUT2D eigenvalue weighted by atomic mass is 16.7. The number of hydrogen-bond acceptors (Lipinski definition) is 8. The van der Waals surface area contributed by atoms with E-state index in [0.717, 1.165) is 51.4 Å². The Kier molecular flexibility index (Phi) is 40.8. The van der Waals surface area contributed by atoms with Gasteiger partial charge in [-0.25, -0.2) is 0 Å². The molecule has 9 heteroatoms. The van der Waals surface area contributed by atoms with Crippen molar-refractivity contribution in [3.63, 3.8) is 0 Å². The van der Waals surface area contributed by atoms with Crippen molar-refractivity contribution < 1.29 is 39.8 Å². The summed E-state index contributed by atoms with van der Waals surface area (Å²) < 4.78 is 11.2. The van der Waals surface area contributed by atoms with Crippen molar-refractivity contribution in [3.05, 3.63) is 36.5 Å². The molecule has 0 aromatic carbocycles. The number of allylic oxidation sites excluding steroid dienone is 5. The van der Waals surface area contributed by atoms with Crippen LogP contribution in [0.15, 0.2) is 36.5 Å². The molecule has 0 saturated carbocycles. The van der Waals surface area contributed by atoms with Gasteiger partial charge < -0.3 is 40.3 Å². The van der Waals surface area contributed by atoms with Crippen molar-refractivity contribution >= 4 is 5.91 Å². The van der Waals surface area contributed by atoms with Gasteiger partial charge in [-0.3, -0.25) is 4.79 Å². The Balaban J connectivity index is 2.24. The molecule has 1 aliphatic heterocycles. The molecule has 0 spiro atoms. The molecule has 7 atom stereocenters. The second kappa shape index (κ2) is 43.3. The summed E-state index contributed by atoms with van der Waals surface area (Å²) in [5, 5.41) is 54.3. The summed E-state index contributed by atoms with van der Waals surface area (Å²) in [6.07, 6.45) is 47.8. The van der Waals surface area contributed by atoms with E-state index in [0.29, 0.717) is 6.42 Å². The third kappa shape index (κ3) is 33.0. The first kappa shape index (κ1) is 58.4. The smallest absolute Gasteiger partial charge is 0.220 e. The van der Waals surface area contributed by atoms with Gasteiger partial charge in [-0.05, 0) is 44.9 Å². The van der Waals surface area contributed by atoms with Gasteiger partial charge in [0.15, 0.2) is 6.29 Å². The third-order valence-electron chi connectivity index (χ3n) is 12.4. The van der Waals surface area contributed by atoms with Crippen molar-refractivity contribution in [3.8, 4) is 0 Å². The van der Waals surface area contributed by atoms with E-state index in [-0.39, 0.29) is 12.5 Å².